The van der Waals surface area contributed by atoms with Gasteiger partial charge in [-0.2, -0.15) is 26.3 Å². The van der Waals surface area contributed by atoms with Crippen molar-refractivity contribution in [1.82, 2.24) is 19.7 Å². The highest BCUT2D eigenvalue weighted by Gasteiger charge is 2.70. The zero-order valence-electron chi connectivity index (χ0n) is 20.8. The molecule has 3 saturated carbocycles. The van der Waals surface area contributed by atoms with Crippen molar-refractivity contribution in [3.63, 3.8) is 0 Å². The van der Waals surface area contributed by atoms with Crippen LogP contribution in [0, 0.1) is 6.92 Å². The Morgan fingerprint density at radius 2 is 1.73 bits per heavy atom. The standard InChI is InChI=1S/C24H19F7N6O4/c1-10-2-3-11(22(18(33)39,24(29,30)31)41-19(40)23(26,27)28)4-12(10)14-5-34-16-15(32)35-13(6-37(14)16)17(38)36-21-7-20(25,8-21)9-21/h2-6H,7-9H2,1H3,(H2,32,35)(H2,33,39)(H,36,38). The lowest BCUT2D eigenvalue weighted by atomic mass is 9.47. The van der Waals surface area contributed by atoms with E-state index in [2.05, 4.69) is 20.0 Å². The fraction of sp³-hybridized carbons (Fsp3) is 0.375. The first kappa shape index (κ1) is 28.1. The fourth-order valence-corrected chi connectivity index (χ4v) is 5.35. The van der Waals surface area contributed by atoms with E-state index < -0.39 is 52.5 Å². The number of aryl methyl sites for hydroxylation is 1. The minimum Gasteiger partial charge on any atom is -0.427 e. The SMILES string of the molecule is Cc1ccc(C(OC(=O)C(F)(F)F)(C(N)=O)C(F)(F)F)cc1-c1cnc2c(N)nc(C(=O)NC34CC(F)(C3)C4)cn12. The van der Waals surface area contributed by atoms with Gasteiger partial charge in [0.2, 0.25) is 0 Å². The van der Waals surface area contributed by atoms with Crippen LogP contribution in [-0.4, -0.2) is 55.7 Å². The van der Waals surface area contributed by atoms with E-state index in [4.69, 9.17) is 11.5 Å². The van der Waals surface area contributed by atoms with Crippen molar-refractivity contribution in [3.05, 3.63) is 47.4 Å². The molecule has 41 heavy (non-hydrogen) atoms. The number of primary amides is 1. The number of imidazole rings is 1. The maximum absolute atomic E-state index is 14.2. The minimum atomic E-state index is -5.91. The van der Waals surface area contributed by atoms with Gasteiger partial charge in [-0.05, 0) is 18.6 Å². The summed E-state index contributed by atoms with van der Waals surface area (Å²) in [5.41, 5.74) is 2.96. The number of benzene rings is 1. The molecule has 0 radical (unpaired) electrons. The molecule has 2 bridgehead atoms. The number of nitrogens with two attached hydrogens (primary N) is 2. The van der Waals surface area contributed by atoms with Gasteiger partial charge in [0.05, 0.1) is 11.9 Å². The van der Waals surface area contributed by atoms with Crippen molar-refractivity contribution in [2.24, 2.45) is 5.73 Å². The first-order valence-corrected chi connectivity index (χ1v) is 11.7. The molecule has 0 saturated heterocycles. The van der Waals surface area contributed by atoms with Crippen LogP contribution in [0.25, 0.3) is 16.9 Å². The molecule has 6 rings (SSSR count). The summed E-state index contributed by atoms with van der Waals surface area (Å²) in [6.45, 7) is 1.42. The number of carbonyl (C=O) groups excluding carboxylic acids is 3. The topological polar surface area (TPSA) is 155 Å². The van der Waals surface area contributed by atoms with Gasteiger partial charge in [0, 0.05) is 42.1 Å². The molecule has 2 aromatic heterocycles. The molecule has 3 aromatic rings. The number of aromatic nitrogens is 3. The number of hydrogen-bond acceptors (Lipinski definition) is 7. The number of nitrogen functional groups attached to an aromatic ring is 1. The molecule has 1 atom stereocenters. The van der Waals surface area contributed by atoms with Crippen LogP contribution in [0.3, 0.4) is 0 Å². The number of nitrogens with zero attached hydrogens (tertiary/aromatic N) is 3. The van der Waals surface area contributed by atoms with E-state index in [1.165, 1.54) is 17.5 Å². The lowest BCUT2D eigenvalue weighted by Gasteiger charge is -2.65. The molecular weight excluding hydrogens is 569 g/mol. The van der Waals surface area contributed by atoms with Gasteiger partial charge in [-0.3, -0.25) is 14.0 Å². The predicted octanol–water partition coefficient (Wildman–Crippen LogP) is 3.01. The maximum Gasteiger partial charge on any atom is 0.490 e. The lowest BCUT2D eigenvalue weighted by Crippen LogP contribution is -2.76. The number of hydrogen-bond donors (Lipinski definition) is 3. The summed E-state index contributed by atoms with van der Waals surface area (Å²) in [5, 5.41) is 2.70. The van der Waals surface area contributed by atoms with E-state index in [-0.39, 0.29) is 53.2 Å². The number of anilines is 1. The Bertz CT molecular complexity index is 1610. The third-order valence-electron chi connectivity index (χ3n) is 7.24. The summed E-state index contributed by atoms with van der Waals surface area (Å²) in [7, 11) is 0. The Labute approximate surface area is 224 Å². The Morgan fingerprint density at radius 3 is 2.27 bits per heavy atom. The maximum atomic E-state index is 14.2. The number of rotatable bonds is 6. The zero-order valence-corrected chi connectivity index (χ0v) is 20.8. The average molecular weight is 588 g/mol. The number of nitrogens with one attached hydrogen (secondary N) is 1. The highest BCUT2D eigenvalue weighted by molar-refractivity contribution is 5.94. The molecule has 218 valence electrons. The van der Waals surface area contributed by atoms with Crippen molar-refractivity contribution in [3.8, 4) is 11.3 Å². The molecule has 1 aromatic carbocycles. The third-order valence-corrected chi connectivity index (χ3v) is 7.24. The van der Waals surface area contributed by atoms with Crippen LogP contribution in [-0.2, 0) is 19.9 Å². The van der Waals surface area contributed by atoms with Gasteiger partial charge in [0.25, 0.3) is 11.8 Å². The largest absolute Gasteiger partial charge is 0.490 e. The first-order chi connectivity index (χ1) is 18.8. The zero-order chi connectivity index (χ0) is 30.3. The number of esters is 1. The van der Waals surface area contributed by atoms with Gasteiger partial charge >= 0.3 is 23.9 Å². The summed E-state index contributed by atoms with van der Waals surface area (Å²) in [6.07, 6.45) is -9.06. The summed E-state index contributed by atoms with van der Waals surface area (Å²) < 4.78 is 100. The molecule has 0 aliphatic heterocycles. The first-order valence-electron chi connectivity index (χ1n) is 11.7. The van der Waals surface area contributed by atoms with Crippen molar-refractivity contribution in [2.75, 3.05) is 5.73 Å². The van der Waals surface area contributed by atoms with Crippen molar-refractivity contribution in [1.29, 1.82) is 0 Å². The monoisotopic (exact) mass is 588 g/mol. The highest BCUT2D eigenvalue weighted by Crippen LogP contribution is 2.63. The molecule has 3 aliphatic rings. The van der Waals surface area contributed by atoms with E-state index in [0.29, 0.717) is 12.1 Å². The van der Waals surface area contributed by atoms with E-state index >= 15 is 0 Å². The van der Waals surface area contributed by atoms with Crippen LogP contribution in [0.15, 0.2) is 30.6 Å². The summed E-state index contributed by atoms with van der Waals surface area (Å²) in [4.78, 5) is 44.5. The summed E-state index contributed by atoms with van der Waals surface area (Å²) in [5.74, 6) is -6.67. The number of carbonyl (C=O) groups is 3. The van der Waals surface area contributed by atoms with Crippen LogP contribution >= 0.6 is 0 Å². The second-order valence-electron chi connectivity index (χ2n) is 10.2. The van der Waals surface area contributed by atoms with Crippen molar-refractivity contribution in [2.45, 2.75) is 55.3 Å². The Hall–Kier alpha value is -4.44. The Morgan fingerprint density at radius 1 is 1.10 bits per heavy atom. The number of alkyl halides is 7. The van der Waals surface area contributed by atoms with E-state index in [1.54, 1.807) is 0 Å². The van der Waals surface area contributed by atoms with Crippen LogP contribution < -0.4 is 16.8 Å². The van der Waals surface area contributed by atoms with Gasteiger partial charge in [-0.1, -0.05) is 12.1 Å². The van der Waals surface area contributed by atoms with Crippen LogP contribution in [0.1, 0.15) is 40.9 Å². The van der Waals surface area contributed by atoms with Crippen LogP contribution in [0.2, 0.25) is 0 Å². The average Bonchev–Trinajstić information content (AvgIpc) is 3.23. The molecular formula is C24H19F7N6O4. The van der Waals surface area contributed by atoms with Crippen molar-refractivity contribution < 1.29 is 49.9 Å². The van der Waals surface area contributed by atoms with Gasteiger partial charge in [-0.25, -0.2) is 19.2 Å². The second-order valence-corrected chi connectivity index (χ2v) is 10.2. The minimum absolute atomic E-state index is 0.0154. The molecule has 0 spiro atoms. The van der Waals surface area contributed by atoms with Gasteiger partial charge in [-0.15, -0.1) is 0 Å². The second kappa shape index (κ2) is 8.53. The molecule has 2 heterocycles. The number of halogens is 7. The van der Waals surface area contributed by atoms with Crippen LogP contribution in [0.5, 0.6) is 0 Å². The van der Waals surface area contributed by atoms with E-state index in [9.17, 15) is 45.1 Å². The van der Waals surface area contributed by atoms with Gasteiger partial charge in [0.1, 0.15) is 11.4 Å². The van der Waals surface area contributed by atoms with Gasteiger partial charge < -0.3 is 21.5 Å². The van der Waals surface area contributed by atoms with E-state index in [0.717, 1.165) is 12.3 Å². The number of amides is 2. The Balaban J connectivity index is 1.61. The Kier molecular flexibility index (Phi) is 5.85. The third kappa shape index (κ3) is 4.30. The molecule has 1 unspecified atom stereocenters. The molecule has 5 N–H and O–H groups in total. The summed E-state index contributed by atoms with van der Waals surface area (Å²) in [6, 6.07) is 2.34. The van der Waals surface area contributed by atoms with Crippen LogP contribution in [0.4, 0.5) is 36.6 Å². The van der Waals surface area contributed by atoms with Gasteiger partial charge in [0.15, 0.2) is 11.5 Å². The molecule has 3 aliphatic carbocycles. The smallest absolute Gasteiger partial charge is 0.427 e. The normalized spacial score (nSPS) is 23.2. The highest BCUT2D eigenvalue weighted by atomic mass is 19.4. The van der Waals surface area contributed by atoms with E-state index in [1.807, 2.05) is 0 Å². The number of ether oxygens (including phenoxy) is 1. The molecule has 10 nitrogen and oxygen atoms in total. The quantitative estimate of drug-likeness (QED) is 0.295. The van der Waals surface area contributed by atoms with Crippen molar-refractivity contribution >= 4 is 29.2 Å². The molecule has 17 heteroatoms. The fourth-order valence-electron chi connectivity index (χ4n) is 5.35. The lowest BCUT2D eigenvalue weighted by molar-refractivity contribution is -0.280. The summed E-state index contributed by atoms with van der Waals surface area (Å²) >= 11 is 0. The number of fused-ring (bicyclic) bond motifs is 1. The predicted molar refractivity (Wildman–Crippen MR) is 125 cm³/mol. The molecule has 2 amide bonds. The molecule has 3 fully saturated rings.